The Morgan fingerprint density at radius 2 is 1.16 bits per heavy atom. The summed E-state index contributed by atoms with van der Waals surface area (Å²) in [4.78, 5) is 12.9. The van der Waals surface area contributed by atoms with Crippen LogP contribution in [0.4, 0.5) is 0 Å². The summed E-state index contributed by atoms with van der Waals surface area (Å²) in [7, 11) is -1.92. The highest BCUT2D eigenvalue weighted by Crippen LogP contribution is 2.56. The van der Waals surface area contributed by atoms with Gasteiger partial charge in [0.1, 0.15) is 28.8 Å². The molecule has 1 atom stereocenters. The van der Waals surface area contributed by atoms with Crippen molar-refractivity contribution in [1.82, 2.24) is 0 Å². The van der Waals surface area contributed by atoms with Gasteiger partial charge in [-0.1, -0.05) is 61.5 Å². The molecule has 0 aliphatic carbocycles. The Labute approximate surface area is 188 Å². The van der Waals surface area contributed by atoms with E-state index in [0.717, 1.165) is 19.0 Å². The van der Waals surface area contributed by atoms with Crippen molar-refractivity contribution in [3.63, 3.8) is 0 Å². The topological polar surface area (TPSA) is 26.3 Å². The molecule has 0 N–H and O–H groups in total. The monoisotopic (exact) mass is 433 g/mol. The normalized spacial score (nSPS) is 12.9. The Balaban J connectivity index is 2.07. The molecule has 0 bridgehead atoms. The first-order valence-electron chi connectivity index (χ1n) is 11.1. The molecule has 0 heterocycles. The molecular weight excluding hydrogens is 399 g/mol. The number of carbonyl (C=O) groups excluding carboxylic acids is 1. The average molecular weight is 434 g/mol. The summed E-state index contributed by atoms with van der Waals surface area (Å²) < 4.78 is 5.75. The van der Waals surface area contributed by atoms with E-state index in [2.05, 4.69) is 97.9 Å². The van der Waals surface area contributed by atoms with Crippen molar-refractivity contribution in [3.05, 3.63) is 91.0 Å². The molecule has 1 unspecified atom stereocenters. The summed E-state index contributed by atoms with van der Waals surface area (Å²) in [5.41, 5.74) is -0.463. The standard InChI is InChI=1S/C28H34O2P/c1-5-23(27(29)30-28(2,3)4)21-22-31(24-15-9-6-10-16-24,25-17-11-7-12-18-25)26-19-13-8-14-20-26/h6-20,23H,5,21-22H2,1-4H3/q+1. The largest absolute Gasteiger partial charge is 0.460 e. The number of carbonyl (C=O) groups is 1. The molecule has 0 spiro atoms. The van der Waals surface area contributed by atoms with Gasteiger partial charge in [0.05, 0.1) is 12.1 Å². The Kier molecular flexibility index (Phi) is 7.68. The van der Waals surface area contributed by atoms with Crippen molar-refractivity contribution < 1.29 is 9.53 Å². The van der Waals surface area contributed by atoms with Crippen LogP contribution in [0.3, 0.4) is 0 Å². The highest BCUT2D eigenvalue weighted by molar-refractivity contribution is 7.95. The van der Waals surface area contributed by atoms with Gasteiger partial charge >= 0.3 is 5.97 Å². The zero-order valence-corrected chi connectivity index (χ0v) is 20.0. The van der Waals surface area contributed by atoms with Crippen LogP contribution in [0, 0.1) is 5.92 Å². The molecular formula is C28H34O2P+. The molecule has 3 heteroatoms. The third-order valence-electron chi connectivity index (χ3n) is 5.64. The number of benzene rings is 3. The molecule has 0 amide bonds. The molecule has 0 saturated heterocycles. The second-order valence-corrected chi connectivity index (χ2v) is 12.6. The van der Waals surface area contributed by atoms with Crippen molar-refractivity contribution in [2.75, 3.05) is 6.16 Å². The third-order valence-corrected chi connectivity index (χ3v) is 10.1. The maximum atomic E-state index is 12.9. The van der Waals surface area contributed by atoms with Gasteiger partial charge in [-0.3, -0.25) is 4.79 Å². The van der Waals surface area contributed by atoms with E-state index < -0.39 is 12.9 Å². The summed E-state index contributed by atoms with van der Waals surface area (Å²) in [6.45, 7) is 7.90. The predicted octanol–water partition coefficient (Wildman–Crippen LogP) is 5.74. The van der Waals surface area contributed by atoms with Crippen LogP contribution < -0.4 is 15.9 Å². The van der Waals surface area contributed by atoms with Crippen molar-refractivity contribution in [3.8, 4) is 0 Å². The molecule has 3 aromatic carbocycles. The molecule has 162 valence electrons. The van der Waals surface area contributed by atoms with E-state index in [0.29, 0.717) is 0 Å². The van der Waals surface area contributed by atoms with Gasteiger partial charge in [0.2, 0.25) is 0 Å². The number of hydrogen-bond acceptors (Lipinski definition) is 2. The zero-order valence-electron chi connectivity index (χ0n) is 19.1. The molecule has 3 aromatic rings. The smallest absolute Gasteiger partial charge is 0.309 e. The van der Waals surface area contributed by atoms with Gasteiger partial charge in [-0.25, -0.2) is 0 Å². The maximum absolute atomic E-state index is 12.9. The van der Waals surface area contributed by atoms with Crippen LogP contribution in [0.5, 0.6) is 0 Å². The van der Waals surface area contributed by atoms with Crippen LogP contribution in [-0.2, 0) is 9.53 Å². The van der Waals surface area contributed by atoms with Crippen molar-refractivity contribution >= 4 is 29.1 Å². The van der Waals surface area contributed by atoms with E-state index in [4.69, 9.17) is 4.74 Å². The van der Waals surface area contributed by atoms with Crippen LogP contribution in [-0.4, -0.2) is 17.7 Å². The van der Waals surface area contributed by atoms with Gasteiger partial charge in [0.25, 0.3) is 0 Å². The number of esters is 1. The summed E-state index contributed by atoms with van der Waals surface area (Å²) in [5.74, 6) is -0.183. The second kappa shape index (κ2) is 10.2. The minimum Gasteiger partial charge on any atom is -0.460 e. The number of ether oxygens (including phenoxy) is 1. The first kappa shape index (κ1) is 23.2. The van der Waals surface area contributed by atoms with E-state index in [9.17, 15) is 4.79 Å². The summed E-state index contributed by atoms with van der Waals surface area (Å²) >= 11 is 0. The van der Waals surface area contributed by atoms with Gasteiger partial charge in [0.15, 0.2) is 0 Å². The SMILES string of the molecule is CCC(CC[P+](c1ccccc1)(c1ccccc1)c1ccccc1)C(=O)OC(C)(C)C. The fourth-order valence-electron chi connectivity index (χ4n) is 4.11. The summed E-state index contributed by atoms with van der Waals surface area (Å²) in [5, 5.41) is 4.06. The van der Waals surface area contributed by atoms with Crippen LogP contribution in [0.15, 0.2) is 91.0 Å². The van der Waals surface area contributed by atoms with Crippen molar-refractivity contribution in [1.29, 1.82) is 0 Å². The first-order chi connectivity index (χ1) is 14.9. The maximum Gasteiger partial charge on any atom is 0.309 e. The van der Waals surface area contributed by atoms with E-state index in [-0.39, 0.29) is 11.9 Å². The van der Waals surface area contributed by atoms with Crippen LogP contribution in [0.1, 0.15) is 40.5 Å². The molecule has 0 saturated carbocycles. The molecule has 0 radical (unpaired) electrons. The number of hydrogen-bond donors (Lipinski definition) is 0. The molecule has 3 rings (SSSR count). The van der Waals surface area contributed by atoms with Crippen LogP contribution in [0.25, 0.3) is 0 Å². The van der Waals surface area contributed by atoms with Crippen LogP contribution >= 0.6 is 7.26 Å². The van der Waals surface area contributed by atoms with Gasteiger partial charge in [-0.15, -0.1) is 0 Å². The fourth-order valence-corrected chi connectivity index (χ4v) is 8.52. The highest BCUT2D eigenvalue weighted by atomic mass is 31.2. The lowest BCUT2D eigenvalue weighted by Crippen LogP contribution is -2.35. The summed E-state index contributed by atoms with van der Waals surface area (Å²) in [6, 6.07) is 32.5. The van der Waals surface area contributed by atoms with Crippen molar-refractivity contribution in [2.24, 2.45) is 5.92 Å². The Bertz CT molecular complexity index is 850. The van der Waals surface area contributed by atoms with Crippen LogP contribution in [0.2, 0.25) is 0 Å². The zero-order chi connectivity index (χ0) is 22.3. The minimum atomic E-state index is -1.92. The van der Waals surface area contributed by atoms with Gasteiger partial charge < -0.3 is 4.74 Å². The van der Waals surface area contributed by atoms with Crippen molar-refractivity contribution in [2.45, 2.75) is 46.1 Å². The fraction of sp³-hybridized carbons (Fsp3) is 0.321. The van der Waals surface area contributed by atoms with Gasteiger partial charge in [-0.05, 0) is 70.0 Å². The highest BCUT2D eigenvalue weighted by Gasteiger charge is 2.45. The molecule has 0 fully saturated rings. The molecule has 2 nitrogen and oxygen atoms in total. The third kappa shape index (κ3) is 5.63. The number of rotatable bonds is 8. The van der Waals surface area contributed by atoms with E-state index in [1.807, 2.05) is 20.8 Å². The lowest BCUT2D eigenvalue weighted by atomic mass is 10.0. The first-order valence-corrected chi connectivity index (χ1v) is 13.1. The molecule has 31 heavy (non-hydrogen) atoms. The van der Waals surface area contributed by atoms with E-state index in [1.54, 1.807) is 0 Å². The average Bonchev–Trinajstić information content (AvgIpc) is 2.77. The second-order valence-electron chi connectivity index (χ2n) is 8.97. The summed E-state index contributed by atoms with van der Waals surface area (Å²) in [6.07, 6.45) is 2.52. The quantitative estimate of drug-likeness (QED) is 0.335. The van der Waals surface area contributed by atoms with E-state index >= 15 is 0 Å². The molecule has 0 aliphatic rings. The Morgan fingerprint density at radius 1 is 0.774 bits per heavy atom. The predicted molar refractivity (Wildman–Crippen MR) is 134 cm³/mol. The Morgan fingerprint density at radius 3 is 1.48 bits per heavy atom. The molecule has 0 aromatic heterocycles. The lowest BCUT2D eigenvalue weighted by molar-refractivity contribution is -0.160. The Hall–Kier alpha value is -2.44. The van der Waals surface area contributed by atoms with Gasteiger partial charge in [0, 0.05) is 0 Å². The minimum absolute atomic E-state index is 0.0812. The van der Waals surface area contributed by atoms with Gasteiger partial charge in [-0.2, -0.15) is 0 Å². The molecule has 0 aliphatic heterocycles. The van der Waals surface area contributed by atoms with E-state index in [1.165, 1.54) is 15.9 Å². The lowest BCUT2D eigenvalue weighted by Gasteiger charge is -2.29.